The van der Waals surface area contributed by atoms with Crippen LogP contribution in [0, 0.1) is 0 Å². The second-order valence-electron chi connectivity index (χ2n) is 7.64. The normalized spacial score (nSPS) is 15.4. The minimum atomic E-state index is 0.0437. The Labute approximate surface area is 178 Å². The maximum absolute atomic E-state index is 11.3. The van der Waals surface area contributed by atoms with Crippen LogP contribution in [-0.4, -0.2) is 30.7 Å². The van der Waals surface area contributed by atoms with Crippen molar-refractivity contribution in [2.45, 2.75) is 23.6 Å². The molecule has 0 unspecified atom stereocenters. The fourth-order valence-electron chi connectivity index (χ4n) is 3.70. The van der Waals surface area contributed by atoms with Crippen LogP contribution in [0.15, 0.2) is 82.6 Å². The fraction of sp³-hybridized carbons (Fsp3) is 0.231. The molecule has 2 nitrogen and oxygen atoms in total. The van der Waals surface area contributed by atoms with Gasteiger partial charge in [0.25, 0.3) is 0 Å². The molecule has 1 saturated heterocycles. The average Bonchev–Trinajstić information content (AvgIpc) is 3.56. The van der Waals surface area contributed by atoms with Crippen LogP contribution >= 0.6 is 11.8 Å². The molecular weight excluding hydrogens is 374 g/mol. The largest absolute Gasteiger partial charge is 0.872 e. The number of benzene rings is 3. The Hall–Kier alpha value is -2.49. The minimum Gasteiger partial charge on any atom is -0.872 e. The molecule has 2 aliphatic rings. The predicted molar refractivity (Wildman–Crippen MR) is 121 cm³/mol. The van der Waals surface area contributed by atoms with E-state index in [1.807, 2.05) is 23.9 Å². The lowest BCUT2D eigenvalue weighted by Gasteiger charge is -2.22. The number of likely N-dealkylation sites (N-methyl/N-ethyl adjacent to an activating group) is 1. The van der Waals surface area contributed by atoms with E-state index in [0.717, 1.165) is 5.56 Å². The molecule has 29 heavy (non-hydrogen) atoms. The van der Waals surface area contributed by atoms with Crippen LogP contribution in [0.25, 0.3) is 11.6 Å². The molecule has 0 amide bonds. The van der Waals surface area contributed by atoms with Gasteiger partial charge in [-0.2, -0.15) is 0 Å². The van der Waals surface area contributed by atoms with Crippen molar-refractivity contribution in [2.24, 2.45) is 0 Å². The second kappa shape index (κ2) is 8.48. The Balaban J connectivity index is 0.000000249. The van der Waals surface area contributed by atoms with Gasteiger partial charge in [0.2, 0.25) is 0 Å². The molecule has 0 saturated carbocycles. The van der Waals surface area contributed by atoms with Crippen molar-refractivity contribution in [3.63, 3.8) is 0 Å². The number of hydrogen-bond acceptors (Lipinski definition) is 2. The molecule has 2 aliphatic heterocycles. The van der Waals surface area contributed by atoms with E-state index >= 15 is 0 Å². The molecule has 2 heterocycles. The molecule has 3 heteroatoms. The zero-order valence-corrected chi connectivity index (χ0v) is 17.9. The monoisotopic (exact) mass is 401 g/mol. The predicted octanol–water partition coefficient (Wildman–Crippen LogP) is 5.67. The summed E-state index contributed by atoms with van der Waals surface area (Å²) < 4.78 is 1.39. The third-order valence-electron chi connectivity index (χ3n) is 5.96. The summed E-state index contributed by atoms with van der Waals surface area (Å²) in [6.45, 7) is 10.1. The number of rotatable bonds is 3. The summed E-state index contributed by atoms with van der Waals surface area (Å²) in [6.07, 6.45) is 2.16. The molecular formula is C26H27NOS. The molecule has 0 aromatic heterocycles. The summed E-state index contributed by atoms with van der Waals surface area (Å²) in [7, 11) is 0. The zero-order chi connectivity index (χ0) is 20.3. The number of hydrogen-bond donors (Lipinski definition) is 0. The molecule has 0 bridgehead atoms. The summed E-state index contributed by atoms with van der Waals surface area (Å²) in [5.41, 5.74) is 4.75. The van der Waals surface area contributed by atoms with E-state index in [1.165, 1.54) is 57.2 Å². The first-order chi connectivity index (χ1) is 14.1. The number of nitrogens with zero attached hydrogens (tertiary/aromatic N) is 1. The second-order valence-corrected chi connectivity index (χ2v) is 8.73. The van der Waals surface area contributed by atoms with Crippen molar-refractivity contribution < 1.29 is 9.59 Å². The zero-order valence-electron chi connectivity index (χ0n) is 17.1. The quantitative estimate of drug-likeness (QED) is 0.326. The van der Waals surface area contributed by atoms with Crippen LogP contribution in [0.2, 0.25) is 0 Å². The van der Waals surface area contributed by atoms with Crippen LogP contribution in [0.1, 0.15) is 30.5 Å². The van der Waals surface area contributed by atoms with Gasteiger partial charge < -0.3 is 9.59 Å². The van der Waals surface area contributed by atoms with Crippen LogP contribution in [0.3, 0.4) is 0 Å². The van der Waals surface area contributed by atoms with E-state index in [0.29, 0.717) is 0 Å². The van der Waals surface area contributed by atoms with Crippen molar-refractivity contribution >= 4 is 23.4 Å². The van der Waals surface area contributed by atoms with Crippen LogP contribution in [0.5, 0.6) is 5.75 Å². The molecule has 0 aliphatic carbocycles. The van der Waals surface area contributed by atoms with Crippen molar-refractivity contribution in [3.8, 4) is 5.75 Å². The Morgan fingerprint density at radius 1 is 0.793 bits per heavy atom. The number of fused-ring (bicyclic) bond motifs is 2. The third kappa shape index (κ3) is 4.42. The van der Waals surface area contributed by atoms with Crippen LogP contribution in [0.4, 0.5) is 0 Å². The van der Waals surface area contributed by atoms with Crippen LogP contribution in [-0.2, 0) is 0 Å². The fourth-order valence-corrected chi connectivity index (χ4v) is 4.81. The van der Waals surface area contributed by atoms with E-state index in [-0.39, 0.29) is 5.75 Å². The van der Waals surface area contributed by atoms with Crippen molar-refractivity contribution in [2.75, 3.05) is 26.2 Å². The highest BCUT2D eigenvalue weighted by atomic mass is 32.2. The van der Waals surface area contributed by atoms with Gasteiger partial charge >= 0.3 is 0 Å². The summed E-state index contributed by atoms with van der Waals surface area (Å²) in [6, 6.07) is 23.9. The molecule has 3 aromatic carbocycles. The van der Waals surface area contributed by atoms with Crippen molar-refractivity contribution in [1.29, 1.82) is 0 Å². The maximum Gasteiger partial charge on any atom is 0.129 e. The van der Waals surface area contributed by atoms with Gasteiger partial charge in [0, 0.05) is 9.79 Å². The molecule has 148 valence electrons. The van der Waals surface area contributed by atoms with Gasteiger partial charge in [-0.15, -0.1) is 5.75 Å². The highest BCUT2D eigenvalue weighted by Crippen LogP contribution is 2.45. The van der Waals surface area contributed by atoms with Crippen molar-refractivity contribution in [3.05, 3.63) is 89.5 Å². The molecule has 0 radical (unpaired) electrons. The first kappa shape index (κ1) is 19.8. The molecule has 0 spiro atoms. The SMILES string of the molecule is CC[N+]1(CC)CC1.[O-]c1ccc(C=C2c3ccccc3Sc3ccccc32)cc1. The Morgan fingerprint density at radius 2 is 1.31 bits per heavy atom. The van der Waals surface area contributed by atoms with E-state index in [1.54, 1.807) is 12.1 Å². The Kier molecular flexibility index (Phi) is 5.79. The molecule has 3 aromatic rings. The first-order valence-corrected chi connectivity index (χ1v) is 11.2. The molecule has 0 N–H and O–H groups in total. The summed E-state index contributed by atoms with van der Waals surface area (Å²) in [4.78, 5) is 2.54. The lowest BCUT2D eigenvalue weighted by molar-refractivity contribution is -0.795. The first-order valence-electron chi connectivity index (χ1n) is 10.3. The lowest BCUT2D eigenvalue weighted by atomic mass is 9.95. The maximum atomic E-state index is 11.3. The smallest absolute Gasteiger partial charge is 0.129 e. The van der Waals surface area contributed by atoms with E-state index in [9.17, 15) is 5.11 Å². The van der Waals surface area contributed by atoms with E-state index in [4.69, 9.17) is 0 Å². The summed E-state index contributed by atoms with van der Waals surface area (Å²) >= 11 is 1.81. The van der Waals surface area contributed by atoms with Gasteiger partial charge in [0.15, 0.2) is 0 Å². The van der Waals surface area contributed by atoms with Gasteiger partial charge in [0.05, 0.1) is 13.1 Å². The third-order valence-corrected chi connectivity index (χ3v) is 7.12. The molecule has 0 atom stereocenters. The van der Waals surface area contributed by atoms with E-state index in [2.05, 4.69) is 68.5 Å². The topological polar surface area (TPSA) is 23.1 Å². The van der Waals surface area contributed by atoms with Gasteiger partial charge in [-0.25, -0.2) is 0 Å². The summed E-state index contributed by atoms with van der Waals surface area (Å²) in [5, 5.41) is 11.3. The molecule has 1 fully saturated rings. The standard InChI is InChI=1S/C20H14OS.C6H14N/c21-15-11-9-14(10-12-15)13-18-16-5-1-3-7-19(16)22-20-8-4-2-6-17(18)20;1-3-7(4-2)5-6-7/h1-13,21H;3-6H2,1-2H3/q;+1/p-1. The number of quaternary nitrogens is 1. The summed E-state index contributed by atoms with van der Waals surface area (Å²) in [5.74, 6) is 0.0437. The molecule has 5 rings (SSSR count). The Bertz CT molecular complexity index is 965. The average molecular weight is 402 g/mol. The van der Waals surface area contributed by atoms with Gasteiger partial charge in [-0.1, -0.05) is 72.4 Å². The highest BCUT2D eigenvalue weighted by Gasteiger charge is 2.37. The van der Waals surface area contributed by atoms with Crippen LogP contribution < -0.4 is 5.11 Å². The highest BCUT2D eigenvalue weighted by molar-refractivity contribution is 7.99. The van der Waals surface area contributed by atoms with Gasteiger partial charge in [-0.3, -0.25) is 0 Å². The van der Waals surface area contributed by atoms with Gasteiger partial charge in [-0.05, 0) is 54.3 Å². The van der Waals surface area contributed by atoms with Gasteiger partial charge in [0.1, 0.15) is 13.1 Å². The Morgan fingerprint density at radius 3 is 1.76 bits per heavy atom. The van der Waals surface area contributed by atoms with E-state index < -0.39 is 0 Å². The van der Waals surface area contributed by atoms with Crippen molar-refractivity contribution in [1.82, 2.24) is 0 Å². The minimum absolute atomic E-state index is 0.0437. The lowest BCUT2D eigenvalue weighted by Crippen LogP contribution is -2.24.